The third kappa shape index (κ3) is 3.22. The Kier molecular flexibility index (Phi) is 4.25. The van der Waals surface area contributed by atoms with E-state index in [1.807, 2.05) is 6.07 Å². The van der Waals surface area contributed by atoms with Gasteiger partial charge >= 0.3 is 5.76 Å². The van der Waals surface area contributed by atoms with Crippen LogP contribution in [0.5, 0.6) is 0 Å². The molecule has 1 aromatic carbocycles. The van der Waals surface area contributed by atoms with E-state index in [2.05, 4.69) is 14.7 Å². The Hall–Kier alpha value is -2.69. The average molecular weight is 423 g/mol. The smallest absolute Gasteiger partial charge is 0.408 e. The number of benzene rings is 1. The van der Waals surface area contributed by atoms with Crippen LogP contribution in [0.3, 0.4) is 0 Å². The maximum absolute atomic E-state index is 12.7. The Bertz CT molecular complexity index is 1310. The van der Waals surface area contributed by atoms with Crippen molar-refractivity contribution in [2.24, 2.45) is 7.05 Å². The summed E-state index contributed by atoms with van der Waals surface area (Å²) in [6.07, 6.45) is 1.63. The fraction of sp³-hybridized carbons (Fsp3) is 0.0625. The Labute approximate surface area is 162 Å². The van der Waals surface area contributed by atoms with Gasteiger partial charge in [0.05, 0.1) is 16.2 Å². The van der Waals surface area contributed by atoms with Crippen molar-refractivity contribution in [2.45, 2.75) is 4.90 Å². The summed E-state index contributed by atoms with van der Waals surface area (Å²) in [4.78, 5) is 19.8. The highest BCUT2D eigenvalue weighted by Crippen LogP contribution is 2.30. The summed E-state index contributed by atoms with van der Waals surface area (Å²) in [7, 11) is -2.53. The molecule has 0 aliphatic heterocycles. The molecule has 0 radical (unpaired) electrons. The molecule has 27 heavy (non-hydrogen) atoms. The van der Waals surface area contributed by atoms with Crippen molar-refractivity contribution in [1.82, 2.24) is 14.5 Å². The normalized spacial score (nSPS) is 11.8. The van der Waals surface area contributed by atoms with Crippen LogP contribution in [0, 0.1) is 0 Å². The third-order valence-electron chi connectivity index (χ3n) is 3.79. The number of anilines is 1. The number of nitrogens with zero attached hydrogens (tertiary/aromatic N) is 3. The lowest BCUT2D eigenvalue weighted by atomic mass is 10.3. The fourth-order valence-electron chi connectivity index (χ4n) is 2.46. The van der Waals surface area contributed by atoms with Crippen molar-refractivity contribution < 1.29 is 12.8 Å². The van der Waals surface area contributed by atoms with Crippen molar-refractivity contribution in [1.29, 1.82) is 0 Å². The van der Waals surface area contributed by atoms with Gasteiger partial charge < -0.3 is 4.42 Å². The molecule has 0 aliphatic rings. The molecule has 8 nitrogen and oxygen atoms in total. The molecule has 0 spiro atoms. The highest BCUT2D eigenvalue weighted by atomic mass is 35.5. The van der Waals surface area contributed by atoms with Crippen molar-refractivity contribution >= 4 is 49.2 Å². The summed E-state index contributed by atoms with van der Waals surface area (Å²) in [6, 6.07) is 7.95. The first kappa shape index (κ1) is 17.7. The number of aromatic nitrogens is 3. The van der Waals surface area contributed by atoms with E-state index in [4.69, 9.17) is 16.0 Å². The van der Waals surface area contributed by atoms with Gasteiger partial charge in [-0.3, -0.25) is 14.3 Å². The van der Waals surface area contributed by atoms with E-state index in [0.717, 1.165) is 11.3 Å². The van der Waals surface area contributed by atoms with Crippen LogP contribution in [-0.2, 0) is 17.1 Å². The molecule has 0 atom stereocenters. The number of halogens is 1. The van der Waals surface area contributed by atoms with Crippen LogP contribution in [0.25, 0.3) is 22.5 Å². The number of nitrogens with one attached hydrogen (secondary N) is 1. The number of rotatable bonds is 4. The highest BCUT2D eigenvalue weighted by Gasteiger charge is 2.22. The largest absolute Gasteiger partial charge is 0.419 e. The number of aryl methyl sites for hydroxylation is 1. The Morgan fingerprint density at radius 2 is 2.07 bits per heavy atom. The zero-order valence-corrected chi connectivity index (χ0v) is 16.1. The molecular formula is C16H11ClN4O4S2. The molecule has 138 valence electrons. The van der Waals surface area contributed by atoms with Gasteiger partial charge in [0.25, 0.3) is 10.0 Å². The van der Waals surface area contributed by atoms with Crippen molar-refractivity contribution in [3.63, 3.8) is 0 Å². The molecule has 0 fully saturated rings. The van der Waals surface area contributed by atoms with Crippen LogP contribution in [0.15, 0.2) is 56.0 Å². The van der Waals surface area contributed by atoms with E-state index in [0.29, 0.717) is 16.9 Å². The molecule has 0 bridgehead atoms. The number of fused-ring (bicyclic) bond motifs is 1. The van der Waals surface area contributed by atoms with Crippen LogP contribution in [0.2, 0.25) is 5.02 Å². The van der Waals surface area contributed by atoms with Crippen molar-refractivity contribution in [3.8, 4) is 11.4 Å². The summed E-state index contributed by atoms with van der Waals surface area (Å²) in [6.45, 7) is 0. The monoisotopic (exact) mass is 422 g/mol. The lowest BCUT2D eigenvalue weighted by Gasteiger charge is -2.07. The standard InChI is InChI=1S/C16H11ClN4O4S2/c1-21-12-6-9(17)14(7-13(12)25-16(21)22)27(23,24)20-15-19-11(8-26-15)10-4-2-3-5-18-10/h2-8H,1H3,(H,19,20). The summed E-state index contributed by atoms with van der Waals surface area (Å²) in [5, 5.41) is 1.83. The Morgan fingerprint density at radius 3 is 2.81 bits per heavy atom. The van der Waals surface area contributed by atoms with Crippen LogP contribution >= 0.6 is 22.9 Å². The Morgan fingerprint density at radius 1 is 1.26 bits per heavy atom. The summed E-state index contributed by atoms with van der Waals surface area (Å²) < 4.78 is 34.1. The van der Waals surface area contributed by atoms with Gasteiger partial charge in [-0.25, -0.2) is 18.2 Å². The fourth-order valence-corrected chi connectivity index (χ4v) is 4.95. The average Bonchev–Trinajstić information content (AvgIpc) is 3.20. The molecule has 0 aliphatic carbocycles. The van der Waals surface area contributed by atoms with E-state index in [9.17, 15) is 13.2 Å². The van der Waals surface area contributed by atoms with Gasteiger partial charge in [0.15, 0.2) is 10.7 Å². The lowest BCUT2D eigenvalue weighted by Crippen LogP contribution is -2.13. The number of hydrogen-bond acceptors (Lipinski definition) is 7. The van der Waals surface area contributed by atoms with Crippen LogP contribution in [-0.4, -0.2) is 23.0 Å². The molecule has 0 amide bonds. The second kappa shape index (κ2) is 6.48. The van der Waals surface area contributed by atoms with Crippen molar-refractivity contribution in [3.05, 3.63) is 57.5 Å². The first-order chi connectivity index (χ1) is 12.8. The first-order valence-corrected chi connectivity index (χ1v) is 10.3. The number of oxazole rings is 1. The van der Waals surface area contributed by atoms with E-state index in [1.165, 1.54) is 23.7 Å². The molecule has 4 aromatic rings. The quantitative estimate of drug-likeness (QED) is 0.541. The molecule has 0 unspecified atom stereocenters. The van der Waals surface area contributed by atoms with E-state index in [1.54, 1.807) is 23.7 Å². The second-order valence-corrected chi connectivity index (χ2v) is 8.45. The van der Waals surface area contributed by atoms with E-state index < -0.39 is 15.8 Å². The number of thiazole rings is 1. The van der Waals surface area contributed by atoms with Gasteiger partial charge in [0.1, 0.15) is 10.6 Å². The van der Waals surface area contributed by atoms with Gasteiger partial charge in [-0.15, -0.1) is 11.3 Å². The Balaban J connectivity index is 1.70. The maximum Gasteiger partial charge on any atom is 0.419 e. The summed E-state index contributed by atoms with van der Waals surface area (Å²) in [5.41, 5.74) is 1.70. The third-order valence-corrected chi connectivity index (χ3v) is 6.48. The second-order valence-electron chi connectivity index (χ2n) is 5.54. The minimum atomic E-state index is -4.03. The minimum absolute atomic E-state index is 0.0343. The molecule has 0 saturated carbocycles. The van der Waals surface area contributed by atoms with Crippen molar-refractivity contribution in [2.75, 3.05) is 4.72 Å². The predicted octanol–water partition coefficient (Wildman–Crippen LogP) is 3.10. The van der Waals surface area contributed by atoms with Gasteiger partial charge in [-0.1, -0.05) is 17.7 Å². The molecule has 4 rings (SSSR count). The van der Waals surface area contributed by atoms with Gasteiger partial charge in [0.2, 0.25) is 0 Å². The zero-order chi connectivity index (χ0) is 19.2. The number of pyridine rings is 1. The lowest BCUT2D eigenvalue weighted by molar-refractivity contribution is 0.527. The van der Waals surface area contributed by atoms with Gasteiger partial charge in [-0.2, -0.15) is 0 Å². The number of hydrogen-bond donors (Lipinski definition) is 1. The summed E-state index contributed by atoms with van der Waals surface area (Å²) >= 11 is 7.25. The predicted molar refractivity (Wildman–Crippen MR) is 103 cm³/mol. The number of sulfonamides is 1. The van der Waals surface area contributed by atoms with Gasteiger partial charge in [0, 0.05) is 24.7 Å². The molecule has 0 saturated heterocycles. The zero-order valence-electron chi connectivity index (χ0n) is 13.7. The topological polar surface area (TPSA) is 107 Å². The van der Waals surface area contributed by atoms with Gasteiger partial charge in [-0.05, 0) is 18.2 Å². The molecular weight excluding hydrogens is 412 g/mol. The van der Waals surface area contributed by atoms with Crippen LogP contribution < -0.4 is 10.5 Å². The summed E-state index contributed by atoms with van der Waals surface area (Å²) in [5.74, 6) is -0.608. The maximum atomic E-state index is 12.7. The molecule has 3 aromatic heterocycles. The highest BCUT2D eigenvalue weighted by molar-refractivity contribution is 7.93. The molecule has 1 N–H and O–H groups in total. The molecule has 11 heteroatoms. The first-order valence-electron chi connectivity index (χ1n) is 7.54. The van der Waals surface area contributed by atoms with E-state index in [-0.39, 0.29) is 20.6 Å². The minimum Gasteiger partial charge on any atom is -0.408 e. The molecule has 3 heterocycles. The SMILES string of the molecule is Cn1c(=O)oc2cc(S(=O)(=O)Nc3nc(-c4ccccn4)cs3)c(Cl)cc21. The van der Waals surface area contributed by atoms with E-state index >= 15 is 0 Å². The van der Waals surface area contributed by atoms with Crippen LogP contribution in [0.1, 0.15) is 0 Å². The van der Waals surface area contributed by atoms with Crippen LogP contribution in [0.4, 0.5) is 5.13 Å².